The van der Waals surface area contributed by atoms with Crippen LogP contribution in [-0.4, -0.2) is 90.4 Å². The summed E-state index contributed by atoms with van der Waals surface area (Å²) in [5, 5.41) is 32.1. The molecule has 0 saturated carbocycles. The summed E-state index contributed by atoms with van der Waals surface area (Å²) in [6.45, 7) is 8.67. The molecular weight excluding hydrogens is 350 g/mol. The van der Waals surface area contributed by atoms with E-state index in [4.69, 9.17) is 14.2 Å². The Hall–Kier alpha value is -0.280. The fourth-order valence-corrected chi connectivity index (χ4v) is 3.80. The molecule has 0 spiro atoms. The van der Waals surface area contributed by atoms with Crippen molar-refractivity contribution in [2.75, 3.05) is 33.9 Å². The van der Waals surface area contributed by atoms with Gasteiger partial charge in [-0.05, 0) is 39.8 Å². The normalized spacial score (nSPS) is 29.7. The lowest BCUT2D eigenvalue weighted by Gasteiger charge is -2.50. The van der Waals surface area contributed by atoms with E-state index < -0.39 is 36.1 Å². The van der Waals surface area contributed by atoms with Crippen LogP contribution in [0.2, 0.25) is 0 Å². The predicted molar refractivity (Wildman–Crippen MR) is 105 cm³/mol. The van der Waals surface area contributed by atoms with E-state index in [0.717, 1.165) is 12.8 Å². The highest BCUT2D eigenvalue weighted by molar-refractivity contribution is 5.00. The van der Waals surface area contributed by atoms with Crippen LogP contribution in [0.5, 0.6) is 0 Å². The van der Waals surface area contributed by atoms with Crippen LogP contribution in [0.4, 0.5) is 0 Å². The summed E-state index contributed by atoms with van der Waals surface area (Å²) in [6, 6.07) is 0. The molecular formula is C20H41NO6. The molecule has 7 nitrogen and oxygen atoms in total. The van der Waals surface area contributed by atoms with Gasteiger partial charge in [0.15, 0.2) is 6.29 Å². The van der Waals surface area contributed by atoms with E-state index in [1.54, 1.807) is 0 Å². The molecule has 0 aromatic heterocycles. The summed E-state index contributed by atoms with van der Waals surface area (Å²) in [5.74, 6) is -0.545. The Morgan fingerprint density at radius 1 is 1.11 bits per heavy atom. The number of likely N-dealkylation sites (N-methyl/N-ethyl adjacent to an activating group) is 1. The zero-order chi connectivity index (χ0) is 20.6. The first-order chi connectivity index (χ1) is 12.8. The summed E-state index contributed by atoms with van der Waals surface area (Å²) in [4.78, 5) is 1.99. The lowest BCUT2D eigenvalue weighted by atomic mass is 9.73. The van der Waals surface area contributed by atoms with Crippen molar-refractivity contribution in [1.82, 2.24) is 4.90 Å². The minimum Gasteiger partial charge on any atom is -0.394 e. The van der Waals surface area contributed by atoms with Crippen molar-refractivity contribution >= 4 is 0 Å². The predicted octanol–water partition coefficient (Wildman–Crippen LogP) is 1.38. The first-order valence-corrected chi connectivity index (χ1v) is 10.4. The quantitative estimate of drug-likeness (QED) is 0.463. The molecule has 1 fully saturated rings. The lowest BCUT2D eigenvalue weighted by Crippen LogP contribution is -2.64. The second kappa shape index (κ2) is 11.7. The third-order valence-electron chi connectivity index (χ3n) is 5.79. The van der Waals surface area contributed by atoms with Gasteiger partial charge in [-0.2, -0.15) is 0 Å². The van der Waals surface area contributed by atoms with Crippen molar-refractivity contribution in [2.24, 2.45) is 5.92 Å². The molecule has 0 aliphatic carbocycles. The van der Waals surface area contributed by atoms with Crippen LogP contribution in [0.1, 0.15) is 53.4 Å². The first-order valence-electron chi connectivity index (χ1n) is 10.4. The molecule has 3 N–H and O–H groups in total. The highest BCUT2D eigenvalue weighted by Crippen LogP contribution is 2.40. The Morgan fingerprint density at radius 2 is 1.70 bits per heavy atom. The van der Waals surface area contributed by atoms with E-state index >= 15 is 0 Å². The molecule has 7 heteroatoms. The fourth-order valence-electron chi connectivity index (χ4n) is 3.80. The van der Waals surface area contributed by atoms with Crippen molar-refractivity contribution < 1.29 is 29.5 Å². The molecule has 1 aliphatic heterocycles. The fraction of sp³-hybridized carbons (Fsp3) is 1.00. The van der Waals surface area contributed by atoms with E-state index in [1.165, 1.54) is 0 Å². The van der Waals surface area contributed by atoms with Crippen molar-refractivity contribution in [3.05, 3.63) is 0 Å². The summed E-state index contributed by atoms with van der Waals surface area (Å²) in [5.41, 5.74) is -1.10. The molecule has 1 aliphatic rings. The highest BCUT2D eigenvalue weighted by Gasteiger charge is 2.54. The van der Waals surface area contributed by atoms with Crippen LogP contribution in [0.25, 0.3) is 0 Å². The SMILES string of the molecule is CCC(CC)OC1OC(CO)C(C(O)(CC)CC)C(OCCN(C)C)C1O. The molecule has 0 amide bonds. The number of aliphatic hydroxyl groups excluding tert-OH is 2. The summed E-state index contributed by atoms with van der Waals surface area (Å²) in [7, 11) is 3.90. The minimum absolute atomic E-state index is 0.0424. The second-order valence-electron chi connectivity index (χ2n) is 7.77. The van der Waals surface area contributed by atoms with Crippen molar-refractivity contribution in [1.29, 1.82) is 0 Å². The van der Waals surface area contributed by atoms with E-state index in [1.807, 2.05) is 46.7 Å². The zero-order valence-electron chi connectivity index (χ0n) is 17.9. The largest absolute Gasteiger partial charge is 0.394 e. The van der Waals surface area contributed by atoms with Gasteiger partial charge in [-0.3, -0.25) is 0 Å². The Labute approximate surface area is 164 Å². The van der Waals surface area contributed by atoms with Gasteiger partial charge in [0.25, 0.3) is 0 Å². The van der Waals surface area contributed by atoms with Gasteiger partial charge in [0.05, 0.1) is 37.1 Å². The summed E-state index contributed by atoms with van der Waals surface area (Å²) >= 11 is 0. The van der Waals surface area contributed by atoms with Crippen LogP contribution < -0.4 is 0 Å². The minimum atomic E-state index is -1.10. The lowest BCUT2D eigenvalue weighted by molar-refractivity contribution is -0.326. The van der Waals surface area contributed by atoms with E-state index in [2.05, 4.69) is 0 Å². The number of aliphatic hydroxyl groups is 3. The van der Waals surface area contributed by atoms with Crippen LogP contribution in [-0.2, 0) is 14.2 Å². The molecule has 0 aromatic rings. The third-order valence-corrected chi connectivity index (χ3v) is 5.79. The molecule has 162 valence electrons. The number of nitrogens with zero attached hydrogens (tertiary/aromatic N) is 1. The van der Waals surface area contributed by atoms with Gasteiger partial charge in [-0.15, -0.1) is 0 Å². The summed E-state index contributed by atoms with van der Waals surface area (Å²) < 4.78 is 18.0. The van der Waals surface area contributed by atoms with Crippen molar-refractivity contribution in [3.8, 4) is 0 Å². The Bertz CT molecular complexity index is 400. The van der Waals surface area contributed by atoms with Gasteiger partial charge in [0.2, 0.25) is 0 Å². The van der Waals surface area contributed by atoms with Gasteiger partial charge in [-0.1, -0.05) is 27.7 Å². The molecule has 1 rings (SSSR count). The van der Waals surface area contributed by atoms with Gasteiger partial charge < -0.3 is 34.4 Å². The molecule has 5 atom stereocenters. The standard InChI is InChI=1S/C20H41NO6/c1-7-14(8-2)26-19-17(23)18(25-12-11-21(5)6)16(15(13-22)27-19)20(24,9-3)10-4/h14-19,22-24H,7-13H2,1-6H3. The maximum absolute atomic E-state index is 11.2. The zero-order valence-corrected chi connectivity index (χ0v) is 17.9. The van der Waals surface area contributed by atoms with Gasteiger partial charge >= 0.3 is 0 Å². The van der Waals surface area contributed by atoms with Crippen LogP contribution in [0.3, 0.4) is 0 Å². The van der Waals surface area contributed by atoms with Crippen LogP contribution in [0.15, 0.2) is 0 Å². The number of hydrogen-bond donors (Lipinski definition) is 3. The van der Waals surface area contributed by atoms with E-state index in [-0.39, 0.29) is 12.7 Å². The maximum Gasteiger partial charge on any atom is 0.186 e. The Kier molecular flexibility index (Phi) is 10.7. The molecule has 27 heavy (non-hydrogen) atoms. The average molecular weight is 392 g/mol. The monoisotopic (exact) mass is 391 g/mol. The van der Waals surface area contributed by atoms with Gasteiger partial charge in [-0.25, -0.2) is 0 Å². The molecule has 1 heterocycles. The molecule has 0 bridgehead atoms. The maximum atomic E-state index is 11.2. The molecule has 1 saturated heterocycles. The smallest absolute Gasteiger partial charge is 0.186 e. The van der Waals surface area contributed by atoms with Crippen molar-refractivity contribution in [2.45, 2.75) is 89.7 Å². The Balaban J connectivity index is 3.11. The van der Waals surface area contributed by atoms with E-state index in [9.17, 15) is 15.3 Å². The number of rotatable bonds is 12. The Morgan fingerprint density at radius 3 is 2.15 bits per heavy atom. The second-order valence-corrected chi connectivity index (χ2v) is 7.77. The van der Waals surface area contributed by atoms with Gasteiger partial charge in [0.1, 0.15) is 6.10 Å². The van der Waals surface area contributed by atoms with Gasteiger partial charge in [0, 0.05) is 12.5 Å². The number of hydrogen-bond acceptors (Lipinski definition) is 7. The third kappa shape index (κ3) is 6.35. The average Bonchev–Trinajstić information content (AvgIpc) is 2.67. The highest BCUT2D eigenvalue weighted by atomic mass is 16.7. The van der Waals surface area contributed by atoms with Crippen LogP contribution in [0, 0.1) is 5.92 Å². The van der Waals surface area contributed by atoms with Crippen LogP contribution >= 0.6 is 0 Å². The molecule has 0 radical (unpaired) electrons. The summed E-state index contributed by atoms with van der Waals surface area (Å²) in [6.07, 6.45) is -0.747. The number of ether oxygens (including phenoxy) is 3. The topological polar surface area (TPSA) is 91.6 Å². The molecule has 0 aromatic carbocycles. The van der Waals surface area contributed by atoms with Crippen molar-refractivity contribution in [3.63, 3.8) is 0 Å². The van der Waals surface area contributed by atoms with E-state index in [0.29, 0.717) is 26.0 Å². The first kappa shape index (κ1) is 24.8. The molecule has 5 unspecified atom stereocenters.